The third-order valence-electron chi connectivity index (χ3n) is 5.03. The molecule has 148 valence electrons. The van der Waals surface area contributed by atoms with Gasteiger partial charge in [0, 0.05) is 5.56 Å². The van der Waals surface area contributed by atoms with E-state index in [-0.39, 0.29) is 0 Å². The summed E-state index contributed by atoms with van der Waals surface area (Å²) in [4.78, 5) is 0.612. The molecular formula is C23H18N4O2S. The number of fused-ring (bicyclic) bond motifs is 1. The average Bonchev–Trinajstić information content (AvgIpc) is 3.41. The largest absolute Gasteiger partial charge is 0.497 e. The summed E-state index contributed by atoms with van der Waals surface area (Å²) in [6.07, 6.45) is 0. The Bertz CT molecular complexity index is 1240. The molecule has 0 aliphatic rings. The van der Waals surface area contributed by atoms with Crippen LogP contribution in [-0.2, 0) is 5.60 Å². The van der Waals surface area contributed by atoms with Gasteiger partial charge in [-0.25, -0.2) is 0 Å². The first-order chi connectivity index (χ1) is 14.7. The number of hydrogen-bond donors (Lipinski definition) is 1. The summed E-state index contributed by atoms with van der Waals surface area (Å²) >= 11 is 1.32. The molecule has 0 saturated carbocycles. The summed E-state index contributed by atoms with van der Waals surface area (Å²) < 4.78 is 6.91. The third kappa shape index (κ3) is 2.96. The normalized spacial score (nSPS) is 11.7. The van der Waals surface area contributed by atoms with Crippen LogP contribution in [0.4, 0.5) is 0 Å². The van der Waals surface area contributed by atoms with E-state index in [0.717, 1.165) is 22.4 Å². The zero-order valence-corrected chi connectivity index (χ0v) is 17.0. The molecule has 0 unspecified atom stereocenters. The molecule has 0 spiro atoms. The van der Waals surface area contributed by atoms with Gasteiger partial charge < -0.3 is 9.84 Å². The first-order valence-corrected chi connectivity index (χ1v) is 10.2. The van der Waals surface area contributed by atoms with Crippen molar-refractivity contribution in [1.29, 1.82) is 0 Å². The minimum atomic E-state index is -1.40. The topological polar surface area (TPSA) is 72.5 Å². The summed E-state index contributed by atoms with van der Waals surface area (Å²) in [5, 5.41) is 25.8. The molecule has 7 heteroatoms. The lowest BCUT2D eigenvalue weighted by atomic mass is 9.87. The Balaban J connectivity index is 1.67. The smallest absolute Gasteiger partial charge is 0.235 e. The molecule has 0 aliphatic heterocycles. The van der Waals surface area contributed by atoms with Crippen molar-refractivity contribution in [2.24, 2.45) is 0 Å². The van der Waals surface area contributed by atoms with Crippen molar-refractivity contribution in [2.45, 2.75) is 5.60 Å². The van der Waals surface area contributed by atoms with E-state index in [0.29, 0.717) is 15.8 Å². The quantitative estimate of drug-likeness (QED) is 0.468. The second kappa shape index (κ2) is 7.37. The first-order valence-electron chi connectivity index (χ1n) is 9.40. The van der Waals surface area contributed by atoms with E-state index in [1.54, 1.807) is 11.6 Å². The van der Waals surface area contributed by atoms with Crippen LogP contribution in [0.15, 0.2) is 84.9 Å². The van der Waals surface area contributed by atoms with E-state index in [1.165, 1.54) is 11.3 Å². The highest BCUT2D eigenvalue weighted by molar-refractivity contribution is 7.16. The summed E-state index contributed by atoms with van der Waals surface area (Å²) in [6.45, 7) is 0. The molecule has 0 bridgehead atoms. The molecule has 5 aromatic rings. The van der Waals surface area contributed by atoms with Crippen molar-refractivity contribution in [3.05, 3.63) is 101 Å². The molecule has 5 rings (SSSR count). The number of methoxy groups -OCH3 is 1. The van der Waals surface area contributed by atoms with Gasteiger partial charge in [0.1, 0.15) is 5.75 Å². The highest BCUT2D eigenvalue weighted by atomic mass is 32.1. The number of nitrogens with zero attached hydrogens (tertiary/aromatic N) is 4. The molecule has 2 aromatic heterocycles. The zero-order valence-electron chi connectivity index (χ0n) is 16.1. The molecule has 0 amide bonds. The monoisotopic (exact) mass is 414 g/mol. The van der Waals surface area contributed by atoms with Crippen LogP contribution >= 0.6 is 11.3 Å². The molecule has 0 saturated heterocycles. The highest BCUT2D eigenvalue weighted by Crippen LogP contribution is 2.39. The van der Waals surface area contributed by atoms with E-state index in [4.69, 9.17) is 9.84 Å². The number of benzene rings is 3. The first kappa shape index (κ1) is 18.5. The van der Waals surface area contributed by atoms with Gasteiger partial charge in [0.25, 0.3) is 0 Å². The summed E-state index contributed by atoms with van der Waals surface area (Å²) in [6, 6.07) is 26.7. The maximum atomic E-state index is 11.9. The number of ether oxygens (including phenoxy) is 1. The fourth-order valence-electron chi connectivity index (χ4n) is 3.46. The van der Waals surface area contributed by atoms with Crippen LogP contribution < -0.4 is 4.74 Å². The van der Waals surface area contributed by atoms with Gasteiger partial charge in [0.05, 0.1) is 7.11 Å². The number of aromatic nitrogens is 4. The van der Waals surface area contributed by atoms with Crippen LogP contribution in [0, 0.1) is 0 Å². The van der Waals surface area contributed by atoms with Crippen molar-refractivity contribution >= 4 is 16.3 Å². The average molecular weight is 414 g/mol. The van der Waals surface area contributed by atoms with Crippen LogP contribution in [0.2, 0.25) is 0 Å². The second-order valence-electron chi connectivity index (χ2n) is 6.80. The van der Waals surface area contributed by atoms with E-state index < -0.39 is 5.60 Å². The minimum Gasteiger partial charge on any atom is -0.497 e. The summed E-state index contributed by atoms with van der Waals surface area (Å²) in [5.74, 6) is 1.37. The predicted molar refractivity (Wildman–Crippen MR) is 116 cm³/mol. The van der Waals surface area contributed by atoms with Gasteiger partial charge in [-0.1, -0.05) is 72.0 Å². The van der Waals surface area contributed by atoms with E-state index in [9.17, 15) is 5.11 Å². The lowest BCUT2D eigenvalue weighted by Crippen LogP contribution is -2.28. The Kier molecular flexibility index (Phi) is 4.54. The molecule has 0 radical (unpaired) electrons. The molecule has 3 aromatic carbocycles. The lowest BCUT2D eigenvalue weighted by Gasteiger charge is -2.26. The van der Waals surface area contributed by atoms with Crippen molar-refractivity contribution in [1.82, 2.24) is 19.8 Å². The van der Waals surface area contributed by atoms with Gasteiger partial charge in [-0.05, 0) is 35.4 Å². The van der Waals surface area contributed by atoms with Crippen LogP contribution in [0.3, 0.4) is 0 Å². The van der Waals surface area contributed by atoms with Gasteiger partial charge >= 0.3 is 0 Å². The van der Waals surface area contributed by atoms with Crippen molar-refractivity contribution in [2.75, 3.05) is 7.11 Å². The number of aliphatic hydroxyl groups is 1. The van der Waals surface area contributed by atoms with Crippen molar-refractivity contribution < 1.29 is 9.84 Å². The van der Waals surface area contributed by atoms with Crippen LogP contribution in [0.5, 0.6) is 5.75 Å². The molecule has 2 heterocycles. The summed E-state index contributed by atoms with van der Waals surface area (Å²) in [5.41, 5.74) is 0.952. The van der Waals surface area contributed by atoms with Gasteiger partial charge in [-0.2, -0.15) is 9.61 Å². The van der Waals surface area contributed by atoms with Crippen molar-refractivity contribution in [3.63, 3.8) is 0 Å². The Hall–Kier alpha value is -3.55. The van der Waals surface area contributed by atoms with E-state index in [1.807, 2.05) is 84.9 Å². The second-order valence-corrected chi connectivity index (χ2v) is 7.75. The number of hydrogen-bond acceptors (Lipinski definition) is 6. The Morgan fingerprint density at radius 1 is 0.833 bits per heavy atom. The summed E-state index contributed by atoms with van der Waals surface area (Å²) in [7, 11) is 1.63. The molecule has 0 aliphatic carbocycles. The Morgan fingerprint density at radius 3 is 2.00 bits per heavy atom. The highest BCUT2D eigenvalue weighted by Gasteiger charge is 2.38. The van der Waals surface area contributed by atoms with Gasteiger partial charge in [-0.3, -0.25) is 0 Å². The Morgan fingerprint density at radius 2 is 1.43 bits per heavy atom. The van der Waals surface area contributed by atoms with E-state index in [2.05, 4.69) is 10.2 Å². The van der Waals surface area contributed by atoms with Gasteiger partial charge in [-0.15, -0.1) is 10.2 Å². The Labute approximate surface area is 177 Å². The predicted octanol–water partition coefficient (Wildman–Crippen LogP) is 4.15. The molecule has 30 heavy (non-hydrogen) atoms. The lowest BCUT2D eigenvalue weighted by molar-refractivity contribution is 0.124. The van der Waals surface area contributed by atoms with Gasteiger partial charge in [0.15, 0.2) is 16.4 Å². The maximum absolute atomic E-state index is 11.9. The molecule has 0 fully saturated rings. The molecule has 6 nitrogen and oxygen atoms in total. The fraction of sp³-hybridized carbons (Fsp3) is 0.0870. The maximum Gasteiger partial charge on any atom is 0.235 e. The van der Waals surface area contributed by atoms with Crippen LogP contribution in [-0.4, -0.2) is 32.0 Å². The van der Waals surface area contributed by atoms with Crippen LogP contribution in [0.1, 0.15) is 16.1 Å². The number of rotatable bonds is 5. The van der Waals surface area contributed by atoms with E-state index >= 15 is 0 Å². The standard InChI is InChI=1S/C23H18N4O2S/c1-29-19-14-12-16(13-15-19)20-24-25-22-27(20)26-21(30-22)23(28,17-8-4-2-5-9-17)18-10-6-3-7-11-18/h2-15,28H,1H3. The molecular weight excluding hydrogens is 396 g/mol. The molecule has 1 N–H and O–H groups in total. The third-order valence-corrected chi connectivity index (χ3v) is 6.04. The zero-order chi connectivity index (χ0) is 20.6. The van der Waals surface area contributed by atoms with Crippen molar-refractivity contribution in [3.8, 4) is 17.1 Å². The fourth-order valence-corrected chi connectivity index (χ4v) is 4.43. The minimum absolute atomic E-state index is 0.527. The van der Waals surface area contributed by atoms with Gasteiger partial charge in [0.2, 0.25) is 4.96 Å². The SMILES string of the molecule is COc1ccc(-c2nnc3sc(C(O)(c4ccccc4)c4ccccc4)nn23)cc1. The molecule has 0 atom stereocenters. The van der Waals surface area contributed by atoms with Crippen LogP contribution in [0.25, 0.3) is 16.3 Å².